The topological polar surface area (TPSA) is 41.0 Å². The number of fused-ring (bicyclic) bond motifs is 1. The van der Waals surface area contributed by atoms with Crippen molar-refractivity contribution in [2.45, 2.75) is 33.1 Å². The van der Waals surface area contributed by atoms with Crippen molar-refractivity contribution in [2.24, 2.45) is 5.92 Å². The lowest BCUT2D eigenvalue weighted by atomic mass is 9.98. The van der Waals surface area contributed by atoms with Crippen LogP contribution in [0.3, 0.4) is 0 Å². The van der Waals surface area contributed by atoms with E-state index < -0.39 is 0 Å². The number of nitrogens with zero attached hydrogens (tertiary/aromatic N) is 3. The molecule has 0 aliphatic carbocycles. The van der Waals surface area contributed by atoms with Gasteiger partial charge in [-0.3, -0.25) is 0 Å². The molecular formula is C16H24N4S. The van der Waals surface area contributed by atoms with Gasteiger partial charge in [0, 0.05) is 18.0 Å². The van der Waals surface area contributed by atoms with Gasteiger partial charge in [0.15, 0.2) is 0 Å². The van der Waals surface area contributed by atoms with E-state index in [1.807, 2.05) is 0 Å². The first kappa shape index (κ1) is 14.7. The number of rotatable bonds is 5. The number of anilines is 1. The van der Waals surface area contributed by atoms with Crippen molar-refractivity contribution in [1.82, 2.24) is 15.3 Å². The summed E-state index contributed by atoms with van der Waals surface area (Å²) in [5.41, 5.74) is 0. The molecule has 1 aliphatic rings. The Kier molecular flexibility index (Phi) is 4.70. The molecule has 2 aromatic heterocycles. The van der Waals surface area contributed by atoms with Crippen LogP contribution in [0.15, 0.2) is 12.4 Å². The average molecular weight is 304 g/mol. The van der Waals surface area contributed by atoms with Crippen LogP contribution in [0.1, 0.15) is 31.1 Å². The molecule has 1 fully saturated rings. The molecule has 0 radical (unpaired) electrons. The Bertz CT molecular complexity index is 595. The monoisotopic (exact) mass is 304 g/mol. The second-order valence-electron chi connectivity index (χ2n) is 5.93. The Morgan fingerprint density at radius 2 is 2.33 bits per heavy atom. The van der Waals surface area contributed by atoms with Crippen molar-refractivity contribution in [3.8, 4) is 0 Å². The van der Waals surface area contributed by atoms with Gasteiger partial charge >= 0.3 is 0 Å². The lowest BCUT2D eigenvalue weighted by Crippen LogP contribution is -2.40. The van der Waals surface area contributed by atoms with E-state index in [-0.39, 0.29) is 0 Å². The molecule has 0 amide bonds. The van der Waals surface area contributed by atoms with Gasteiger partial charge in [0.25, 0.3) is 0 Å². The summed E-state index contributed by atoms with van der Waals surface area (Å²) in [6.45, 7) is 8.84. The second-order valence-corrected chi connectivity index (χ2v) is 7.17. The Balaban J connectivity index is 1.75. The van der Waals surface area contributed by atoms with Crippen LogP contribution < -0.4 is 10.2 Å². The number of hydrogen-bond acceptors (Lipinski definition) is 5. The zero-order valence-corrected chi connectivity index (χ0v) is 13.7. The lowest BCUT2D eigenvalue weighted by Gasteiger charge is -2.34. The van der Waals surface area contributed by atoms with Gasteiger partial charge in [0.1, 0.15) is 17.0 Å². The summed E-state index contributed by atoms with van der Waals surface area (Å²) in [5.74, 6) is 1.86. The fraction of sp³-hybridized carbons (Fsp3) is 0.625. The quantitative estimate of drug-likeness (QED) is 0.861. The van der Waals surface area contributed by atoms with Gasteiger partial charge in [-0.1, -0.05) is 6.92 Å². The Morgan fingerprint density at radius 3 is 3.19 bits per heavy atom. The molecule has 0 spiro atoms. The van der Waals surface area contributed by atoms with E-state index in [2.05, 4.69) is 40.1 Å². The van der Waals surface area contributed by atoms with Crippen LogP contribution in [0.5, 0.6) is 0 Å². The average Bonchev–Trinajstić information content (AvgIpc) is 2.88. The fourth-order valence-corrected chi connectivity index (χ4v) is 3.96. The normalized spacial score (nSPS) is 19.3. The first-order valence-corrected chi connectivity index (χ1v) is 8.76. The maximum absolute atomic E-state index is 4.58. The van der Waals surface area contributed by atoms with Crippen LogP contribution in [0, 0.1) is 12.8 Å². The number of aryl methyl sites for hydroxylation is 1. The molecule has 1 saturated heterocycles. The third-order valence-corrected chi connectivity index (χ3v) is 5.07. The van der Waals surface area contributed by atoms with Crippen molar-refractivity contribution < 1.29 is 0 Å². The molecule has 1 atom stereocenters. The lowest BCUT2D eigenvalue weighted by molar-refractivity contribution is 0.391. The van der Waals surface area contributed by atoms with Gasteiger partial charge in [-0.05, 0) is 51.3 Å². The Labute approximate surface area is 130 Å². The molecule has 0 saturated carbocycles. The van der Waals surface area contributed by atoms with Crippen LogP contribution in [-0.4, -0.2) is 36.1 Å². The molecule has 1 N–H and O–H groups in total. The standard InChI is InChI=1S/C16H24N4S/c1-3-6-17-9-13-5-4-7-20(10-13)15-14-8-12(2)21-16(14)19-11-18-15/h8,11,13,17H,3-7,9-10H2,1-2H3. The minimum Gasteiger partial charge on any atom is -0.356 e. The maximum atomic E-state index is 4.58. The highest BCUT2D eigenvalue weighted by molar-refractivity contribution is 7.18. The molecule has 0 bridgehead atoms. The van der Waals surface area contributed by atoms with Crippen molar-refractivity contribution in [2.75, 3.05) is 31.1 Å². The molecule has 3 rings (SSSR count). The van der Waals surface area contributed by atoms with Gasteiger partial charge < -0.3 is 10.2 Å². The summed E-state index contributed by atoms with van der Waals surface area (Å²) >= 11 is 1.76. The van der Waals surface area contributed by atoms with Crippen molar-refractivity contribution in [3.63, 3.8) is 0 Å². The minimum atomic E-state index is 0.732. The summed E-state index contributed by atoms with van der Waals surface area (Å²) in [7, 11) is 0. The molecular weight excluding hydrogens is 280 g/mol. The SMILES string of the molecule is CCCNCC1CCCN(c2ncnc3sc(C)cc23)C1. The summed E-state index contributed by atoms with van der Waals surface area (Å²) in [4.78, 5) is 13.9. The number of hydrogen-bond donors (Lipinski definition) is 1. The van der Waals surface area contributed by atoms with Crippen LogP contribution in [0.25, 0.3) is 10.2 Å². The molecule has 0 aromatic carbocycles. The van der Waals surface area contributed by atoms with Crippen LogP contribution >= 0.6 is 11.3 Å². The van der Waals surface area contributed by atoms with Crippen molar-refractivity contribution >= 4 is 27.4 Å². The summed E-state index contributed by atoms with van der Waals surface area (Å²) in [5, 5.41) is 4.78. The van der Waals surface area contributed by atoms with Crippen LogP contribution in [0.2, 0.25) is 0 Å². The maximum Gasteiger partial charge on any atom is 0.140 e. The number of nitrogens with one attached hydrogen (secondary N) is 1. The number of aromatic nitrogens is 2. The van der Waals surface area contributed by atoms with Crippen LogP contribution in [-0.2, 0) is 0 Å². The highest BCUT2D eigenvalue weighted by atomic mass is 32.1. The van der Waals surface area contributed by atoms with E-state index in [0.29, 0.717) is 0 Å². The molecule has 21 heavy (non-hydrogen) atoms. The molecule has 1 aliphatic heterocycles. The first-order chi connectivity index (χ1) is 10.3. The van der Waals surface area contributed by atoms with Crippen molar-refractivity contribution in [1.29, 1.82) is 0 Å². The van der Waals surface area contributed by atoms with Gasteiger partial charge in [-0.15, -0.1) is 11.3 Å². The number of thiophene rings is 1. The summed E-state index contributed by atoms with van der Waals surface area (Å²) in [6.07, 6.45) is 5.50. The van der Waals surface area contributed by atoms with E-state index in [9.17, 15) is 0 Å². The number of piperidine rings is 1. The highest BCUT2D eigenvalue weighted by Crippen LogP contribution is 2.31. The zero-order valence-electron chi connectivity index (χ0n) is 12.9. The van der Waals surface area contributed by atoms with Gasteiger partial charge in [0.05, 0.1) is 5.39 Å². The van der Waals surface area contributed by atoms with Gasteiger partial charge in [-0.25, -0.2) is 9.97 Å². The first-order valence-electron chi connectivity index (χ1n) is 7.94. The molecule has 4 nitrogen and oxygen atoms in total. The fourth-order valence-electron chi connectivity index (χ4n) is 3.12. The van der Waals surface area contributed by atoms with E-state index >= 15 is 0 Å². The summed E-state index contributed by atoms with van der Waals surface area (Å²) < 4.78 is 0. The molecule has 1 unspecified atom stereocenters. The molecule has 114 valence electrons. The Morgan fingerprint density at radius 1 is 1.43 bits per heavy atom. The third-order valence-electron chi connectivity index (χ3n) is 4.11. The minimum absolute atomic E-state index is 0.732. The smallest absolute Gasteiger partial charge is 0.140 e. The van der Waals surface area contributed by atoms with E-state index in [1.165, 1.54) is 29.5 Å². The van der Waals surface area contributed by atoms with Crippen LogP contribution in [0.4, 0.5) is 5.82 Å². The predicted molar refractivity (Wildman–Crippen MR) is 90.2 cm³/mol. The third kappa shape index (κ3) is 3.35. The highest BCUT2D eigenvalue weighted by Gasteiger charge is 2.22. The van der Waals surface area contributed by atoms with E-state index in [1.54, 1.807) is 17.7 Å². The van der Waals surface area contributed by atoms with E-state index in [0.717, 1.165) is 42.7 Å². The molecule has 3 heterocycles. The Hall–Kier alpha value is -1.20. The zero-order chi connectivity index (χ0) is 14.7. The summed E-state index contributed by atoms with van der Waals surface area (Å²) in [6, 6.07) is 2.23. The van der Waals surface area contributed by atoms with Gasteiger partial charge in [0.2, 0.25) is 0 Å². The predicted octanol–water partition coefficient (Wildman–Crippen LogP) is 3.22. The van der Waals surface area contributed by atoms with Crippen molar-refractivity contribution in [3.05, 3.63) is 17.3 Å². The van der Waals surface area contributed by atoms with E-state index in [4.69, 9.17) is 0 Å². The second kappa shape index (κ2) is 6.71. The molecule has 2 aromatic rings. The largest absolute Gasteiger partial charge is 0.356 e. The molecule has 5 heteroatoms. The van der Waals surface area contributed by atoms with Gasteiger partial charge in [-0.2, -0.15) is 0 Å².